The van der Waals surface area contributed by atoms with Crippen LogP contribution in [0.3, 0.4) is 0 Å². The molecule has 1 aromatic carbocycles. The Kier molecular flexibility index (Phi) is 3.57. The fourth-order valence-electron chi connectivity index (χ4n) is 0.797. The third-order valence-corrected chi connectivity index (χ3v) is 1.81. The van der Waals surface area contributed by atoms with E-state index in [2.05, 4.69) is 0 Å². The molecule has 0 radical (unpaired) electrons. The molecule has 0 N–H and O–H groups in total. The molecule has 0 saturated carbocycles. The number of hydrogen-bond acceptors (Lipinski definition) is 0. The van der Waals surface area contributed by atoms with Gasteiger partial charge in [-0.2, -0.15) is 0 Å². The molecule has 0 bridgehead atoms. The molecule has 0 fully saturated rings. The van der Waals surface area contributed by atoms with E-state index in [-0.39, 0.29) is 5.02 Å². The number of benzene rings is 1. The van der Waals surface area contributed by atoms with Gasteiger partial charge in [0.2, 0.25) is 0 Å². The quantitative estimate of drug-likeness (QED) is 0.645. The average molecular weight is 205 g/mol. The standard InChI is InChI=1S/C9H7Cl2F/c10-5-1-2-7-3-4-9(12)8(11)6-7/h1-4,6H,5H2/b2-1+. The van der Waals surface area contributed by atoms with Crippen LogP contribution >= 0.6 is 23.2 Å². The van der Waals surface area contributed by atoms with Crippen molar-refractivity contribution in [1.29, 1.82) is 0 Å². The molecule has 0 aliphatic heterocycles. The summed E-state index contributed by atoms with van der Waals surface area (Å²) in [6, 6.07) is 4.53. The summed E-state index contributed by atoms with van der Waals surface area (Å²) in [4.78, 5) is 0. The van der Waals surface area contributed by atoms with Crippen LogP contribution in [0.25, 0.3) is 6.08 Å². The Morgan fingerprint density at radius 2 is 2.17 bits per heavy atom. The lowest BCUT2D eigenvalue weighted by molar-refractivity contribution is 0.628. The maximum Gasteiger partial charge on any atom is 0.141 e. The first-order valence-electron chi connectivity index (χ1n) is 3.41. The lowest BCUT2D eigenvalue weighted by Crippen LogP contribution is -1.78. The molecule has 0 atom stereocenters. The zero-order valence-corrected chi connectivity index (χ0v) is 7.74. The van der Waals surface area contributed by atoms with Gasteiger partial charge in [0.15, 0.2) is 0 Å². The van der Waals surface area contributed by atoms with E-state index in [0.29, 0.717) is 5.88 Å². The zero-order chi connectivity index (χ0) is 8.97. The Balaban J connectivity index is 2.89. The molecular formula is C9H7Cl2F. The predicted molar refractivity (Wildman–Crippen MR) is 51.2 cm³/mol. The monoisotopic (exact) mass is 204 g/mol. The van der Waals surface area contributed by atoms with Crippen molar-refractivity contribution in [3.8, 4) is 0 Å². The van der Waals surface area contributed by atoms with Crippen LogP contribution in [0.5, 0.6) is 0 Å². The number of rotatable bonds is 2. The summed E-state index contributed by atoms with van der Waals surface area (Å²) in [5, 5.41) is 0.131. The highest BCUT2D eigenvalue weighted by molar-refractivity contribution is 6.30. The van der Waals surface area contributed by atoms with E-state index in [1.807, 2.05) is 0 Å². The molecule has 3 heteroatoms. The molecule has 64 valence electrons. The van der Waals surface area contributed by atoms with E-state index in [4.69, 9.17) is 23.2 Å². The van der Waals surface area contributed by atoms with Crippen LogP contribution in [0.1, 0.15) is 5.56 Å². The molecule has 0 unspecified atom stereocenters. The topological polar surface area (TPSA) is 0 Å². The van der Waals surface area contributed by atoms with Crippen LogP contribution < -0.4 is 0 Å². The molecule has 0 heterocycles. The first-order valence-corrected chi connectivity index (χ1v) is 4.33. The maximum atomic E-state index is 12.6. The number of allylic oxidation sites excluding steroid dienone is 1. The Hall–Kier alpha value is -0.530. The number of alkyl halides is 1. The van der Waals surface area contributed by atoms with Crippen LogP contribution in [0.15, 0.2) is 24.3 Å². The highest BCUT2D eigenvalue weighted by Crippen LogP contribution is 2.16. The molecule has 0 spiro atoms. The van der Waals surface area contributed by atoms with Gasteiger partial charge in [-0.25, -0.2) is 4.39 Å². The third kappa shape index (κ3) is 2.50. The van der Waals surface area contributed by atoms with Crippen molar-refractivity contribution >= 4 is 29.3 Å². The normalized spacial score (nSPS) is 10.9. The minimum Gasteiger partial charge on any atom is -0.205 e. The van der Waals surface area contributed by atoms with E-state index < -0.39 is 5.82 Å². The zero-order valence-electron chi connectivity index (χ0n) is 6.23. The first-order chi connectivity index (χ1) is 5.74. The van der Waals surface area contributed by atoms with Crippen molar-refractivity contribution in [2.24, 2.45) is 0 Å². The summed E-state index contributed by atoms with van der Waals surface area (Å²) < 4.78 is 12.6. The molecule has 0 aliphatic rings. The SMILES string of the molecule is Fc1ccc(/C=C/CCl)cc1Cl. The van der Waals surface area contributed by atoms with Crippen LogP contribution in [-0.4, -0.2) is 5.88 Å². The van der Waals surface area contributed by atoms with Gasteiger partial charge >= 0.3 is 0 Å². The molecule has 0 amide bonds. The fraction of sp³-hybridized carbons (Fsp3) is 0.111. The Bertz CT molecular complexity index is 295. The van der Waals surface area contributed by atoms with Gasteiger partial charge in [0, 0.05) is 5.88 Å². The fourth-order valence-corrected chi connectivity index (χ4v) is 1.07. The van der Waals surface area contributed by atoms with Gasteiger partial charge in [-0.05, 0) is 17.7 Å². The molecule has 0 aliphatic carbocycles. The van der Waals surface area contributed by atoms with Gasteiger partial charge in [-0.3, -0.25) is 0 Å². The smallest absolute Gasteiger partial charge is 0.141 e. The van der Waals surface area contributed by atoms with E-state index in [0.717, 1.165) is 5.56 Å². The van der Waals surface area contributed by atoms with Crippen molar-refractivity contribution in [2.45, 2.75) is 0 Å². The van der Waals surface area contributed by atoms with Crippen molar-refractivity contribution in [3.05, 3.63) is 40.7 Å². The van der Waals surface area contributed by atoms with Crippen molar-refractivity contribution in [1.82, 2.24) is 0 Å². The van der Waals surface area contributed by atoms with Gasteiger partial charge in [0.1, 0.15) is 5.82 Å². The number of halogens is 3. The molecule has 0 nitrogen and oxygen atoms in total. The molecule has 0 aromatic heterocycles. The van der Waals surface area contributed by atoms with Gasteiger partial charge < -0.3 is 0 Å². The highest BCUT2D eigenvalue weighted by atomic mass is 35.5. The highest BCUT2D eigenvalue weighted by Gasteiger charge is 1.97. The van der Waals surface area contributed by atoms with Crippen LogP contribution in [-0.2, 0) is 0 Å². The van der Waals surface area contributed by atoms with Crippen LogP contribution in [0.2, 0.25) is 5.02 Å². The second kappa shape index (κ2) is 4.48. The minimum absolute atomic E-state index is 0.131. The van der Waals surface area contributed by atoms with Crippen LogP contribution in [0, 0.1) is 5.82 Å². The summed E-state index contributed by atoms with van der Waals surface area (Å²) in [5.41, 5.74) is 0.849. The molecule has 1 rings (SSSR count). The third-order valence-electron chi connectivity index (χ3n) is 1.34. The molecule has 12 heavy (non-hydrogen) atoms. The summed E-state index contributed by atoms with van der Waals surface area (Å²) in [5.74, 6) is 0.0364. The Morgan fingerprint density at radius 3 is 2.75 bits per heavy atom. The minimum atomic E-state index is -0.403. The van der Waals surface area contributed by atoms with E-state index in [9.17, 15) is 4.39 Å². The van der Waals surface area contributed by atoms with E-state index in [1.165, 1.54) is 6.07 Å². The molecule has 1 aromatic rings. The molecular weight excluding hydrogens is 198 g/mol. The second-order valence-corrected chi connectivity index (χ2v) is 2.95. The maximum absolute atomic E-state index is 12.6. The summed E-state index contributed by atoms with van der Waals surface area (Å²) >= 11 is 11.0. The van der Waals surface area contributed by atoms with Gasteiger partial charge in [0.05, 0.1) is 5.02 Å². The lowest BCUT2D eigenvalue weighted by atomic mass is 10.2. The van der Waals surface area contributed by atoms with Gasteiger partial charge in [-0.15, -0.1) is 11.6 Å². The number of hydrogen-bond donors (Lipinski definition) is 0. The van der Waals surface area contributed by atoms with Gasteiger partial charge in [0.25, 0.3) is 0 Å². The summed E-state index contributed by atoms with van der Waals surface area (Å²) in [7, 11) is 0. The predicted octanol–water partition coefficient (Wildman–Crippen LogP) is 3.73. The summed E-state index contributed by atoms with van der Waals surface area (Å²) in [6.45, 7) is 0. The Morgan fingerprint density at radius 1 is 1.42 bits per heavy atom. The summed E-state index contributed by atoms with van der Waals surface area (Å²) in [6.07, 6.45) is 3.56. The Labute approximate surface area is 80.6 Å². The second-order valence-electron chi connectivity index (χ2n) is 2.23. The van der Waals surface area contributed by atoms with E-state index >= 15 is 0 Å². The van der Waals surface area contributed by atoms with Crippen molar-refractivity contribution in [2.75, 3.05) is 5.88 Å². The molecule has 0 saturated heterocycles. The van der Waals surface area contributed by atoms with Gasteiger partial charge in [-0.1, -0.05) is 29.8 Å². The van der Waals surface area contributed by atoms with Crippen LogP contribution in [0.4, 0.5) is 4.39 Å². The lowest BCUT2D eigenvalue weighted by Gasteiger charge is -1.95. The average Bonchev–Trinajstić information content (AvgIpc) is 2.07. The van der Waals surface area contributed by atoms with E-state index in [1.54, 1.807) is 24.3 Å². The largest absolute Gasteiger partial charge is 0.205 e. The van der Waals surface area contributed by atoms with Crippen molar-refractivity contribution < 1.29 is 4.39 Å². The first kappa shape index (κ1) is 9.56. The van der Waals surface area contributed by atoms with Crippen molar-refractivity contribution in [3.63, 3.8) is 0 Å².